The fraction of sp³-hybridized carbons (Fsp3) is 0.286. The van der Waals surface area contributed by atoms with Crippen LogP contribution in [0.4, 0.5) is 0 Å². The third kappa shape index (κ3) is 2.94. The molecule has 1 aromatic carbocycles. The number of carbonyl (C=O) groups is 1. The van der Waals surface area contributed by atoms with Crippen LogP contribution in [0.2, 0.25) is 5.02 Å². The molecule has 0 spiro atoms. The van der Waals surface area contributed by atoms with Gasteiger partial charge in [0, 0.05) is 37.8 Å². The van der Waals surface area contributed by atoms with Crippen molar-refractivity contribution in [2.75, 3.05) is 7.11 Å². The van der Waals surface area contributed by atoms with E-state index in [0.717, 1.165) is 22.4 Å². The average Bonchev–Trinajstić information content (AvgIpc) is 3.13. The average molecular weight is 397 g/mol. The van der Waals surface area contributed by atoms with Gasteiger partial charge in [0.2, 0.25) is 5.88 Å². The quantitative estimate of drug-likeness (QED) is 0.661. The van der Waals surface area contributed by atoms with Crippen LogP contribution in [-0.2, 0) is 25.6 Å². The monoisotopic (exact) mass is 396 g/mol. The van der Waals surface area contributed by atoms with Crippen molar-refractivity contribution in [1.29, 1.82) is 0 Å². The Morgan fingerprint density at radius 2 is 1.96 bits per heavy atom. The topological polar surface area (TPSA) is 60.2 Å². The van der Waals surface area contributed by atoms with E-state index in [2.05, 4.69) is 17.0 Å². The predicted molar refractivity (Wildman–Crippen MR) is 106 cm³/mol. The van der Waals surface area contributed by atoms with Crippen molar-refractivity contribution in [3.63, 3.8) is 0 Å². The van der Waals surface area contributed by atoms with E-state index < -0.39 is 5.54 Å². The fourth-order valence-corrected chi connectivity index (χ4v) is 4.09. The summed E-state index contributed by atoms with van der Waals surface area (Å²) in [5, 5.41) is 4.85. The van der Waals surface area contributed by atoms with Crippen molar-refractivity contribution in [1.82, 2.24) is 19.7 Å². The molecule has 3 aromatic rings. The summed E-state index contributed by atoms with van der Waals surface area (Å²) in [5.41, 5.74) is 3.00. The van der Waals surface area contributed by atoms with Crippen molar-refractivity contribution in [2.45, 2.75) is 25.4 Å². The summed E-state index contributed by atoms with van der Waals surface area (Å²) < 4.78 is 6.90. The minimum absolute atomic E-state index is 0.00667. The Labute approximate surface area is 168 Å². The highest BCUT2D eigenvalue weighted by Gasteiger charge is 2.46. The van der Waals surface area contributed by atoms with Gasteiger partial charge in [0.1, 0.15) is 0 Å². The van der Waals surface area contributed by atoms with E-state index in [9.17, 15) is 4.79 Å². The highest BCUT2D eigenvalue weighted by Crippen LogP contribution is 2.43. The molecule has 1 unspecified atom stereocenters. The van der Waals surface area contributed by atoms with Gasteiger partial charge in [-0.15, -0.1) is 0 Å². The summed E-state index contributed by atoms with van der Waals surface area (Å²) in [4.78, 5) is 19.4. The number of benzene rings is 1. The van der Waals surface area contributed by atoms with Gasteiger partial charge in [0.05, 0.1) is 29.6 Å². The van der Waals surface area contributed by atoms with Crippen LogP contribution in [0, 0.1) is 0 Å². The Morgan fingerprint density at radius 1 is 1.18 bits per heavy atom. The van der Waals surface area contributed by atoms with Crippen LogP contribution in [0.3, 0.4) is 0 Å². The second-order valence-corrected chi connectivity index (χ2v) is 7.57. The first kappa shape index (κ1) is 18.5. The predicted octanol–water partition coefficient (Wildman–Crippen LogP) is 3.59. The van der Waals surface area contributed by atoms with Crippen LogP contribution in [-0.4, -0.2) is 32.7 Å². The number of aromatic nitrogens is 3. The third-order valence-corrected chi connectivity index (χ3v) is 5.76. The van der Waals surface area contributed by atoms with E-state index in [4.69, 9.17) is 16.3 Å². The summed E-state index contributed by atoms with van der Waals surface area (Å²) in [6, 6.07) is 11.5. The maximum atomic E-state index is 13.3. The van der Waals surface area contributed by atoms with Gasteiger partial charge in [0.15, 0.2) is 0 Å². The number of ether oxygens (including phenoxy) is 1. The van der Waals surface area contributed by atoms with Crippen molar-refractivity contribution in [3.05, 3.63) is 76.2 Å². The Kier molecular flexibility index (Phi) is 4.59. The Morgan fingerprint density at radius 3 is 2.61 bits per heavy atom. The van der Waals surface area contributed by atoms with Gasteiger partial charge in [-0.1, -0.05) is 35.9 Å². The van der Waals surface area contributed by atoms with Crippen molar-refractivity contribution < 1.29 is 9.53 Å². The van der Waals surface area contributed by atoms with E-state index in [1.165, 1.54) is 0 Å². The van der Waals surface area contributed by atoms with E-state index in [-0.39, 0.29) is 5.91 Å². The van der Waals surface area contributed by atoms with Gasteiger partial charge in [0.25, 0.3) is 5.91 Å². The maximum absolute atomic E-state index is 13.3. The van der Waals surface area contributed by atoms with Gasteiger partial charge in [-0.05, 0) is 24.1 Å². The molecule has 0 bridgehead atoms. The molecular formula is C21H21ClN4O2. The lowest BCUT2D eigenvalue weighted by Gasteiger charge is -2.36. The number of hydrogen-bond donors (Lipinski definition) is 0. The lowest BCUT2D eigenvalue weighted by molar-refractivity contribution is 0.0553. The molecule has 28 heavy (non-hydrogen) atoms. The van der Waals surface area contributed by atoms with Crippen molar-refractivity contribution >= 4 is 17.5 Å². The molecule has 6 nitrogen and oxygen atoms in total. The minimum Gasteiger partial charge on any atom is -0.481 e. The van der Waals surface area contributed by atoms with Crippen molar-refractivity contribution in [3.8, 4) is 5.88 Å². The summed E-state index contributed by atoms with van der Waals surface area (Å²) in [6.45, 7) is 2.52. The van der Waals surface area contributed by atoms with Crippen LogP contribution < -0.4 is 4.74 Å². The SMILES string of the molecule is COc1ccc(CN2C(=O)c3ccccc3C2(C)Cc2c(Cl)cnn2C)cn1. The maximum Gasteiger partial charge on any atom is 0.255 e. The lowest BCUT2D eigenvalue weighted by atomic mass is 9.86. The van der Waals surface area contributed by atoms with E-state index >= 15 is 0 Å². The number of fused-ring (bicyclic) bond motifs is 1. The number of amides is 1. The Balaban J connectivity index is 1.75. The van der Waals surface area contributed by atoms with E-state index in [1.807, 2.05) is 42.3 Å². The summed E-state index contributed by atoms with van der Waals surface area (Å²) >= 11 is 6.38. The van der Waals surface area contributed by atoms with Gasteiger partial charge in [-0.2, -0.15) is 5.10 Å². The molecule has 0 aliphatic carbocycles. The number of methoxy groups -OCH3 is 1. The molecule has 3 heterocycles. The first-order chi connectivity index (χ1) is 13.4. The minimum atomic E-state index is -0.551. The zero-order valence-electron chi connectivity index (χ0n) is 16.0. The number of pyridine rings is 1. The van der Waals surface area contributed by atoms with Crippen LogP contribution in [0.15, 0.2) is 48.8 Å². The second kappa shape index (κ2) is 6.95. The standard InChI is InChI=1S/C21H21ClN4O2/c1-21(10-18-17(22)12-24-25(18)2)16-7-5-4-6-15(16)20(27)26(21)13-14-8-9-19(28-3)23-11-14/h4-9,11-12H,10,13H2,1-3H3. The second-order valence-electron chi connectivity index (χ2n) is 7.16. The first-order valence-corrected chi connectivity index (χ1v) is 9.38. The Bertz CT molecular complexity index is 1010. The smallest absolute Gasteiger partial charge is 0.255 e. The molecule has 0 saturated carbocycles. The number of halogens is 1. The van der Waals surface area contributed by atoms with Crippen LogP contribution in [0.1, 0.15) is 34.1 Å². The molecule has 1 aliphatic rings. The van der Waals surface area contributed by atoms with Crippen LogP contribution in [0.25, 0.3) is 0 Å². The summed E-state index contributed by atoms with van der Waals surface area (Å²) in [6.07, 6.45) is 3.95. The molecule has 1 atom stereocenters. The molecule has 7 heteroatoms. The van der Waals surface area contributed by atoms with Crippen LogP contribution in [0.5, 0.6) is 5.88 Å². The molecule has 1 aliphatic heterocycles. The molecule has 2 aromatic heterocycles. The lowest BCUT2D eigenvalue weighted by Crippen LogP contribution is -2.43. The molecule has 0 fully saturated rings. The zero-order chi connectivity index (χ0) is 19.9. The largest absolute Gasteiger partial charge is 0.481 e. The highest BCUT2D eigenvalue weighted by molar-refractivity contribution is 6.31. The molecule has 0 radical (unpaired) electrons. The fourth-order valence-electron chi connectivity index (χ4n) is 3.86. The highest BCUT2D eigenvalue weighted by atomic mass is 35.5. The number of hydrogen-bond acceptors (Lipinski definition) is 4. The number of carbonyl (C=O) groups excluding carboxylic acids is 1. The first-order valence-electron chi connectivity index (χ1n) is 9.01. The normalized spacial score (nSPS) is 18.4. The van der Waals surface area contributed by atoms with Crippen LogP contribution >= 0.6 is 11.6 Å². The molecular weight excluding hydrogens is 376 g/mol. The summed E-state index contributed by atoms with van der Waals surface area (Å²) in [5.74, 6) is 0.552. The summed E-state index contributed by atoms with van der Waals surface area (Å²) in [7, 11) is 3.45. The molecule has 4 rings (SSSR count). The molecule has 144 valence electrons. The third-order valence-electron chi connectivity index (χ3n) is 5.45. The number of rotatable bonds is 5. The molecule has 0 saturated heterocycles. The number of nitrogens with zero attached hydrogens (tertiary/aromatic N) is 4. The Hall–Kier alpha value is -2.86. The van der Waals surface area contributed by atoms with Gasteiger partial charge in [-0.3, -0.25) is 9.48 Å². The molecule has 0 N–H and O–H groups in total. The number of aryl methyl sites for hydroxylation is 1. The van der Waals surface area contributed by atoms with Gasteiger partial charge < -0.3 is 9.64 Å². The van der Waals surface area contributed by atoms with E-state index in [0.29, 0.717) is 23.9 Å². The van der Waals surface area contributed by atoms with E-state index in [1.54, 1.807) is 30.3 Å². The van der Waals surface area contributed by atoms with Gasteiger partial charge >= 0.3 is 0 Å². The van der Waals surface area contributed by atoms with Crippen molar-refractivity contribution in [2.24, 2.45) is 7.05 Å². The zero-order valence-corrected chi connectivity index (χ0v) is 16.8. The molecule has 1 amide bonds. The van der Waals surface area contributed by atoms with Gasteiger partial charge in [-0.25, -0.2) is 4.98 Å².